The first-order valence-electron chi connectivity index (χ1n) is 18.0. The van der Waals surface area contributed by atoms with Crippen LogP contribution in [-0.2, 0) is 60.3 Å². The van der Waals surface area contributed by atoms with E-state index < -0.39 is 96.4 Å². The number of aromatic nitrogens is 4. The minimum Gasteiger partial charge on any atom is -0.481 e. The van der Waals surface area contributed by atoms with E-state index in [0.29, 0.717) is 0 Å². The van der Waals surface area contributed by atoms with E-state index in [1.54, 1.807) is 6.92 Å². The molecule has 3 heterocycles. The Labute approximate surface area is 350 Å². The van der Waals surface area contributed by atoms with Gasteiger partial charge in [-0.05, 0) is 6.42 Å². The summed E-state index contributed by atoms with van der Waals surface area (Å²) in [4.78, 5) is 110. The predicted molar refractivity (Wildman–Crippen MR) is 207 cm³/mol. The fourth-order valence-corrected chi connectivity index (χ4v) is 8.86. The molecule has 2 amide bonds. The Morgan fingerprint density at radius 3 is 2.31 bits per heavy atom. The second-order valence-electron chi connectivity index (χ2n) is 14.1. The van der Waals surface area contributed by atoms with Crippen molar-refractivity contribution >= 4 is 80.9 Å². The third-order valence-electron chi connectivity index (χ3n) is 8.68. The summed E-state index contributed by atoms with van der Waals surface area (Å²) >= 11 is 0.937. The van der Waals surface area contributed by atoms with Gasteiger partial charge in [-0.3, -0.25) is 42.1 Å². The summed E-state index contributed by atoms with van der Waals surface area (Å²) in [5.41, 5.74) is 4.19. The molecule has 1 fully saturated rings. The first-order valence-corrected chi connectivity index (χ1v) is 23.5. The highest BCUT2D eigenvalue weighted by Crippen LogP contribution is 2.61. The van der Waals surface area contributed by atoms with Crippen LogP contribution in [0.15, 0.2) is 12.7 Å². The van der Waals surface area contributed by atoms with Crippen LogP contribution in [0.1, 0.15) is 59.1 Å². The molecule has 27 nitrogen and oxygen atoms in total. The maximum Gasteiger partial charge on any atom is 0.481 e. The van der Waals surface area contributed by atoms with E-state index in [9.17, 15) is 67.5 Å². The summed E-state index contributed by atoms with van der Waals surface area (Å²) in [7, 11) is -16.5. The Hall–Kier alpha value is -3.30. The van der Waals surface area contributed by atoms with Crippen molar-refractivity contribution in [1.29, 1.82) is 0 Å². The van der Waals surface area contributed by atoms with Crippen molar-refractivity contribution in [1.82, 2.24) is 30.2 Å². The molecule has 2 aromatic heterocycles. The summed E-state index contributed by atoms with van der Waals surface area (Å²) in [5, 5.41) is 34.8. The van der Waals surface area contributed by atoms with Crippen LogP contribution in [0.4, 0.5) is 5.82 Å². The van der Waals surface area contributed by atoms with Crippen LogP contribution in [-0.4, -0.2) is 140 Å². The SMILES string of the molecule is CC(CCC(=O)SCCNC(=O)CCNC(=O)[C@H](O)C(C)(C)COP(=O)(O)OP(=O)(O)OC[C@H]1O[C@@H](n2cnc3c(N)ncnc32)[C@H](O)[C@@H]1OP(=O)(O)O)C(=O)CCC(=O)O. The van der Waals surface area contributed by atoms with Crippen LogP contribution >= 0.6 is 35.2 Å². The molecule has 31 heteroatoms. The van der Waals surface area contributed by atoms with Gasteiger partial charge in [0.1, 0.15) is 42.0 Å². The van der Waals surface area contributed by atoms with Gasteiger partial charge in [0.25, 0.3) is 0 Å². The number of nitrogens with zero attached hydrogens (tertiary/aromatic N) is 4. The minimum absolute atomic E-state index is 0.0167. The number of anilines is 1. The molecule has 0 spiro atoms. The second kappa shape index (κ2) is 22.4. The molecule has 61 heavy (non-hydrogen) atoms. The Bertz CT molecular complexity index is 2040. The number of nitrogens with one attached hydrogen (secondary N) is 2. The number of carboxylic acids is 1. The Morgan fingerprint density at radius 1 is 0.984 bits per heavy atom. The van der Waals surface area contributed by atoms with Crippen molar-refractivity contribution in [3.8, 4) is 0 Å². The molecule has 344 valence electrons. The van der Waals surface area contributed by atoms with Gasteiger partial charge in [0.15, 0.2) is 22.8 Å². The molecule has 3 rings (SSSR count). The summed E-state index contributed by atoms with van der Waals surface area (Å²) in [6, 6.07) is 0. The average Bonchev–Trinajstić information content (AvgIpc) is 3.72. The third kappa shape index (κ3) is 16.7. The molecule has 1 aliphatic heterocycles. The second-order valence-corrected chi connectivity index (χ2v) is 19.5. The lowest BCUT2D eigenvalue weighted by molar-refractivity contribution is -0.139. The zero-order valence-corrected chi connectivity index (χ0v) is 36.2. The Balaban J connectivity index is 1.42. The number of aliphatic hydroxyl groups excluding tert-OH is 2. The first-order chi connectivity index (χ1) is 28.2. The van der Waals surface area contributed by atoms with E-state index in [2.05, 4.69) is 34.4 Å². The number of amides is 2. The topological polar surface area (TPSA) is 418 Å². The van der Waals surface area contributed by atoms with Crippen molar-refractivity contribution in [2.75, 3.05) is 37.8 Å². The number of thioether (sulfide) groups is 1. The highest BCUT2D eigenvalue weighted by molar-refractivity contribution is 8.13. The molecule has 1 saturated heterocycles. The van der Waals surface area contributed by atoms with Gasteiger partial charge in [-0.25, -0.2) is 28.6 Å². The van der Waals surface area contributed by atoms with Crippen LogP contribution in [0.3, 0.4) is 0 Å². The fraction of sp³-hybridized carbons (Fsp3) is 0.667. The quantitative estimate of drug-likeness (QED) is 0.0420. The van der Waals surface area contributed by atoms with Crippen LogP contribution in [0.5, 0.6) is 0 Å². The molecule has 2 aromatic rings. The van der Waals surface area contributed by atoms with Crippen molar-refractivity contribution in [3.05, 3.63) is 12.7 Å². The number of carboxylic acid groups (broad SMARTS) is 1. The summed E-state index contributed by atoms with van der Waals surface area (Å²) in [6.45, 7) is 1.83. The van der Waals surface area contributed by atoms with E-state index in [-0.39, 0.29) is 78.8 Å². The van der Waals surface area contributed by atoms with E-state index in [1.165, 1.54) is 13.8 Å². The number of nitrogen functional groups attached to an aromatic ring is 1. The molecule has 11 N–H and O–H groups in total. The highest BCUT2D eigenvalue weighted by Gasteiger charge is 2.50. The number of carbonyl (C=O) groups is 5. The van der Waals surface area contributed by atoms with Gasteiger partial charge in [0.2, 0.25) is 11.8 Å². The van der Waals surface area contributed by atoms with Crippen molar-refractivity contribution in [3.63, 3.8) is 0 Å². The monoisotopic (exact) mass is 951 g/mol. The number of imidazole rings is 1. The Morgan fingerprint density at radius 2 is 1.66 bits per heavy atom. The maximum absolute atomic E-state index is 12.7. The van der Waals surface area contributed by atoms with Gasteiger partial charge in [0.05, 0.1) is 26.0 Å². The number of ether oxygens (including phenoxy) is 1. The summed E-state index contributed by atoms with van der Waals surface area (Å²) in [6.07, 6.45) is -7.18. The van der Waals surface area contributed by atoms with Crippen LogP contribution in [0.2, 0.25) is 0 Å². The summed E-state index contributed by atoms with van der Waals surface area (Å²) < 4.78 is 62.1. The van der Waals surface area contributed by atoms with E-state index in [4.69, 9.17) is 24.6 Å². The highest BCUT2D eigenvalue weighted by atomic mass is 32.2. The number of hydrogen-bond donors (Lipinski definition) is 10. The Kier molecular flexibility index (Phi) is 19.1. The lowest BCUT2D eigenvalue weighted by atomic mass is 9.87. The zero-order chi connectivity index (χ0) is 45.9. The van der Waals surface area contributed by atoms with Gasteiger partial charge in [-0.2, -0.15) is 4.31 Å². The molecule has 3 unspecified atom stereocenters. The van der Waals surface area contributed by atoms with Crippen LogP contribution in [0.25, 0.3) is 11.2 Å². The first kappa shape index (κ1) is 52.0. The fourth-order valence-electron chi connectivity index (χ4n) is 5.34. The largest absolute Gasteiger partial charge is 0.481 e. The molecule has 0 radical (unpaired) electrons. The predicted octanol–water partition coefficient (Wildman–Crippen LogP) is -0.485. The zero-order valence-electron chi connectivity index (χ0n) is 32.7. The van der Waals surface area contributed by atoms with Crippen molar-refractivity contribution in [2.24, 2.45) is 11.3 Å². The number of fused-ring (bicyclic) bond motifs is 1. The average molecular weight is 952 g/mol. The van der Waals surface area contributed by atoms with Gasteiger partial charge < -0.3 is 56.0 Å². The molecular formula is C30H48N7O20P3S. The van der Waals surface area contributed by atoms with Crippen molar-refractivity contribution in [2.45, 2.75) is 83.5 Å². The van der Waals surface area contributed by atoms with E-state index >= 15 is 0 Å². The number of phosphoric ester groups is 3. The normalized spacial score (nSPS) is 21.3. The number of Topliss-reactive ketones (excluding diaryl/α,β-unsaturated/α-hetero) is 1. The van der Waals surface area contributed by atoms with Crippen molar-refractivity contribution < 1.29 is 95.2 Å². The molecule has 0 bridgehead atoms. The molecule has 8 atom stereocenters. The molecular weight excluding hydrogens is 903 g/mol. The van der Waals surface area contributed by atoms with Gasteiger partial charge in [-0.1, -0.05) is 32.5 Å². The van der Waals surface area contributed by atoms with Gasteiger partial charge >= 0.3 is 29.4 Å². The van der Waals surface area contributed by atoms with Crippen LogP contribution < -0.4 is 16.4 Å². The van der Waals surface area contributed by atoms with Crippen LogP contribution in [0, 0.1) is 11.3 Å². The number of carbonyl (C=O) groups excluding carboxylic acids is 4. The lowest BCUT2D eigenvalue weighted by Gasteiger charge is -2.30. The minimum atomic E-state index is -5.60. The number of ketones is 1. The van der Waals surface area contributed by atoms with E-state index in [1.807, 2.05) is 0 Å². The number of hydrogen-bond acceptors (Lipinski definition) is 20. The molecule has 0 aromatic carbocycles. The number of aliphatic hydroxyl groups is 2. The standard InChI is InChI=1S/C30H48N7O20P3S/c1-16(17(38)5-6-20(40)41)4-7-21(42)61-11-10-32-19(39)8-9-33-28(45)25(44)30(2,3)13-54-60(51,52)57-59(49,50)53-12-18-24(56-58(46,47)48)23(43)29(55-18)37-15-36-22-26(31)34-14-35-27(22)37/h14-16,18,23-25,29,43-44H,4-13H2,1-3H3,(H,32,39)(H,33,45)(H,40,41)(H,49,50)(H,51,52)(H2,31,34,35)(H2,46,47,48)/t16?,18-,23-,24-,25+,29-/m1/s1. The van der Waals surface area contributed by atoms with Gasteiger partial charge in [0, 0.05) is 49.4 Å². The smallest absolute Gasteiger partial charge is 0.481 e. The number of nitrogens with two attached hydrogens (primary N) is 1. The molecule has 0 saturated carbocycles. The number of rotatable bonds is 26. The third-order valence-corrected chi connectivity index (χ3v) is 12.7. The molecule has 1 aliphatic rings. The lowest BCUT2D eigenvalue weighted by Crippen LogP contribution is -2.46. The summed E-state index contributed by atoms with van der Waals surface area (Å²) in [5.74, 6) is -3.18. The number of aliphatic carboxylic acids is 1. The maximum atomic E-state index is 12.7. The van der Waals surface area contributed by atoms with E-state index in [0.717, 1.165) is 29.0 Å². The number of phosphoric acid groups is 3. The molecule has 0 aliphatic carbocycles. The van der Waals surface area contributed by atoms with Gasteiger partial charge in [-0.15, -0.1) is 0 Å².